The molecule has 0 radical (unpaired) electrons. The highest BCUT2D eigenvalue weighted by Gasteiger charge is 2.19. The van der Waals surface area contributed by atoms with Gasteiger partial charge in [0, 0.05) is 34.4 Å². The molecule has 0 saturated heterocycles. The van der Waals surface area contributed by atoms with Gasteiger partial charge in [0.15, 0.2) is 0 Å². The average molecular weight is 372 g/mol. The predicted octanol–water partition coefficient (Wildman–Crippen LogP) is 5.53. The maximum atomic E-state index is 13.3. The Hall–Kier alpha value is -2.85. The van der Waals surface area contributed by atoms with E-state index in [1.165, 1.54) is 26.6 Å². The summed E-state index contributed by atoms with van der Waals surface area (Å²) in [5.41, 5.74) is 5.36. The lowest BCUT2D eigenvalue weighted by Crippen LogP contribution is -2.20. The second-order valence-corrected chi connectivity index (χ2v) is 8.34. The largest absolute Gasteiger partial charge is 0.330 e. The molecular formula is C23H20N2OS. The van der Waals surface area contributed by atoms with Gasteiger partial charge in [-0.25, -0.2) is 0 Å². The molecule has 3 nitrogen and oxygen atoms in total. The lowest BCUT2D eigenvalue weighted by Gasteiger charge is -2.08. The SMILES string of the molecule is Cc1ccc2c(c1)c1cc(-c3sc4ccccc4c3C)c(=O)n(C)c1n2C. The van der Waals surface area contributed by atoms with Gasteiger partial charge in [0.1, 0.15) is 5.65 Å². The minimum absolute atomic E-state index is 0.0554. The van der Waals surface area contributed by atoms with Crippen molar-refractivity contribution >= 4 is 43.4 Å². The van der Waals surface area contributed by atoms with Crippen molar-refractivity contribution in [2.45, 2.75) is 13.8 Å². The Morgan fingerprint density at radius 3 is 2.41 bits per heavy atom. The summed E-state index contributed by atoms with van der Waals surface area (Å²) in [5, 5.41) is 3.56. The third kappa shape index (κ3) is 2.17. The fraction of sp³-hybridized carbons (Fsp3) is 0.174. The van der Waals surface area contributed by atoms with Crippen LogP contribution in [-0.2, 0) is 14.1 Å². The molecule has 134 valence electrons. The quantitative estimate of drug-likeness (QED) is 0.380. The Morgan fingerprint density at radius 1 is 0.852 bits per heavy atom. The number of nitrogens with zero attached hydrogens (tertiary/aromatic N) is 2. The number of hydrogen-bond donors (Lipinski definition) is 0. The Balaban J connectivity index is 1.94. The molecule has 0 aliphatic heterocycles. The van der Waals surface area contributed by atoms with E-state index in [2.05, 4.69) is 66.9 Å². The first kappa shape index (κ1) is 16.3. The minimum Gasteiger partial charge on any atom is -0.330 e. The number of benzene rings is 2. The van der Waals surface area contributed by atoms with Crippen molar-refractivity contribution in [2.75, 3.05) is 0 Å². The van der Waals surface area contributed by atoms with Crippen molar-refractivity contribution in [1.82, 2.24) is 9.13 Å². The third-order valence-corrected chi connectivity index (χ3v) is 6.90. The molecule has 5 aromatic rings. The maximum Gasteiger partial charge on any atom is 0.260 e. The van der Waals surface area contributed by atoms with Crippen LogP contribution in [0.1, 0.15) is 11.1 Å². The van der Waals surface area contributed by atoms with E-state index in [1.54, 1.807) is 15.9 Å². The van der Waals surface area contributed by atoms with E-state index < -0.39 is 0 Å². The molecule has 4 heteroatoms. The summed E-state index contributed by atoms with van der Waals surface area (Å²) in [6, 6.07) is 16.9. The van der Waals surface area contributed by atoms with Gasteiger partial charge >= 0.3 is 0 Å². The van der Waals surface area contributed by atoms with Gasteiger partial charge in [-0.2, -0.15) is 0 Å². The standard InChI is InChI=1S/C23H20N2OS/c1-13-9-10-19-16(11-13)17-12-18(23(26)25(4)22(17)24(19)3)21-14(2)15-7-5-6-8-20(15)27-21/h5-12H,1-4H3. The highest BCUT2D eigenvalue weighted by Crippen LogP contribution is 2.38. The van der Waals surface area contributed by atoms with E-state index in [-0.39, 0.29) is 5.56 Å². The van der Waals surface area contributed by atoms with Gasteiger partial charge in [0.25, 0.3) is 5.56 Å². The van der Waals surface area contributed by atoms with Crippen LogP contribution in [0.3, 0.4) is 0 Å². The van der Waals surface area contributed by atoms with Gasteiger partial charge in [0.2, 0.25) is 0 Å². The summed E-state index contributed by atoms with van der Waals surface area (Å²) in [5.74, 6) is 0. The van der Waals surface area contributed by atoms with Crippen molar-refractivity contribution in [3.63, 3.8) is 0 Å². The molecule has 0 unspecified atom stereocenters. The molecule has 0 N–H and O–H groups in total. The average Bonchev–Trinajstić information content (AvgIpc) is 3.13. The van der Waals surface area contributed by atoms with E-state index in [9.17, 15) is 4.79 Å². The first-order valence-corrected chi connectivity index (χ1v) is 9.86. The number of pyridine rings is 1. The minimum atomic E-state index is 0.0554. The zero-order valence-corrected chi connectivity index (χ0v) is 16.6. The van der Waals surface area contributed by atoms with Crippen LogP contribution >= 0.6 is 11.3 Å². The topological polar surface area (TPSA) is 26.9 Å². The van der Waals surface area contributed by atoms with Crippen molar-refractivity contribution < 1.29 is 0 Å². The van der Waals surface area contributed by atoms with Crippen LogP contribution < -0.4 is 5.56 Å². The zero-order chi connectivity index (χ0) is 18.9. The molecule has 3 aromatic heterocycles. The third-order valence-electron chi connectivity index (χ3n) is 5.59. The molecule has 3 heterocycles. The first-order chi connectivity index (χ1) is 13.0. The molecular weight excluding hydrogens is 352 g/mol. The zero-order valence-electron chi connectivity index (χ0n) is 15.8. The Kier molecular flexibility index (Phi) is 3.37. The Labute approximate surface area is 161 Å². The molecule has 27 heavy (non-hydrogen) atoms. The highest BCUT2D eigenvalue weighted by atomic mass is 32.1. The van der Waals surface area contributed by atoms with Crippen molar-refractivity contribution in [3.05, 3.63) is 70.0 Å². The van der Waals surface area contributed by atoms with E-state index in [0.29, 0.717) is 0 Å². The van der Waals surface area contributed by atoms with Crippen LogP contribution in [0, 0.1) is 13.8 Å². The van der Waals surface area contributed by atoms with Crippen LogP contribution in [0.15, 0.2) is 53.3 Å². The summed E-state index contributed by atoms with van der Waals surface area (Å²) in [6.45, 7) is 4.22. The number of aromatic nitrogens is 2. The maximum absolute atomic E-state index is 13.3. The molecule has 5 rings (SSSR count). The fourth-order valence-corrected chi connectivity index (χ4v) is 5.41. The van der Waals surface area contributed by atoms with E-state index >= 15 is 0 Å². The Morgan fingerprint density at radius 2 is 1.63 bits per heavy atom. The lowest BCUT2D eigenvalue weighted by atomic mass is 10.1. The summed E-state index contributed by atoms with van der Waals surface area (Å²) in [6.07, 6.45) is 0. The number of aryl methyl sites for hydroxylation is 4. The van der Waals surface area contributed by atoms with Gasteiger partial charge < -0.3 is 4.57 Å². The molecule has 0 saturated carbocycles. The monoisotopic (exact) mass is 372 g/mol. The van der Waals surface area contributed by atoms with E-state index in [1.807, 2.05) is 14.1 Å². The summed E-state index contributed by atoms with van der Waals surface area (Å²) in [7, 11) is 3.91. The van der Waals surface area contributed by atoms with Gasteiger partial charge in [-0.15, -0.1) is 11.3 Å². The van der Waals surface area contributed by atoms with Gasteiger partial charge in [-0.3, -0.25) is 9.36 Å². The van der Waals surface area contributed by atoms with Crippen LogP contribution in [-0.4, -0.2) is 9.13 Å². The highest BCUT2D eigenvalue weighted by molar-refractivity contribution is 7.22. The fourth-order valence-electron chi connectivity index (χ4n) is 4.20. The van der Waals surface area contributed by atoms with Crippen LogP contribution in [0.5, 0.6) is 0 Å². The van der Waals surface area contributed by atoms with Crippen LogP contribution in [0.2, 0.25) is 0 Å². The van der Waals surface area contributed by atoms with Crippen molar-refractivity contribution in [3.8, 4) is 10.4 Å². The normalized spacial score (nSPS) is 11.9. The van der Waals surface area contributed by atoms with E-state index in [0.717, 1.165) is 27.0 Å². The van der Waals surface area contributed by atoms with Crippen LogP contribution in [0.25, 0.3) is 42.5 Å². The molecule has 0 aliphatic rings. The first-order valence-electron chi connectivity index (χ1n) is 9.04. The number of fused-ring (bicyclic) bond motifs is 4. The van der Waals surface area contributed by atoms with Gasteiger partial charge in [-0.05, 0) is 49.1 Å². The Bertz CT molecular complexity index is 1430. The van der Waals surface area contributed by atoms with Crippen molar-refractivity contribution in [1.29, 1.82) is 0 Å². The molecule has 0 aliphatic carbocycles. The summed E-state index contributed by atoms with van der Waals surface area (Å²) >= 11 is 1.70. The van der Waals surface area contributed by atoms with E-state index in [4.69, 9.17) is 0 Å². The molecule has 0 amide bonds. The molecule has 0 spiro atoms. The second-order valence-electron chi connectivity index (χ2n) is 7.29. The number of hydrogen-bond acceptors (Lipinski definition) is 2. The molecule has 0 fully saturated rings. The second kappa shape index (κ2) is 5.57. The van der Waals surface area contributed by atoms with Crippen molar-refractivity contribution in [2.24, 2.45) is 14.1 Å². The lowest BCUT2D eigenvalue weighted by molar-refractivity contribution is 0.847. The van der Waals surface area contributed by atoms with Gasteiger partial charge in [-0.1, -0.05) is 29.8 Å². The predicted molar refractivity (Wildman–Crippen MR) is 116 cm³/mol. The summed E-state index contributed by atoms with van der Waals surface area (Å²) in [4.78, 5) is 14.3. The van der Waals surface area contributed by atoms with Gasteiger partial charge in [0.05, 0.1) is 11.1 Å². The molecule has 2 aromatic carbocycles. The smallest absolute Gasteiger partial charge is 0.260 e. The molecule has 0 bridgehead atoms. The molecule has 0 atom stereocenters. The summed E-state index contributed by atoms with van der Waals surface area (Å²) < 4.78 is 5.14. The number of rotatable bonds is 1. The number of thiophene rings is 1. The van der Waals surface area contributed by atoms with Crippen LogP contribution in [0.4, 0.5) is 0 Å².